The van der Waals surface area contributed by atoms with Gasteiger partial charge in [0.05, 0.1) is 6.54 Å². The average molecular weight is 197 g/mol. The third-order valence-corrected chi connectivity index (χ3v) is 2.56. The molecule has 1 saturated heterocycles. The lowest BCUT2D eigenvalue weighted by molar-refractivity contribution is 0.154. The zero-order valence-corrected chi connectivity index (χ0v) is 9.28. The third kappa shape index (κ3) is 2.91. The molecule has 0 spiro atoms. The van der Waals surface area contributed by atoms with E-state index in [1.165, 1.54) is 0 Å². The molecule has 79 valence electrons. The van der Waals surface area contributed by atoms with E-state index in [9.17, 15) is 4.79 Å². The first-order valence-corrected chi connectivity index (χ1v) is 5.02. The number of hydrogen-bond donors (Lipinski definition) is 1. The molecule has 5 heteroatoms. The van der Waals surface area contributed by atoms with Crippen LogP contribution in [0, 0.1) is 5.92 Å². The SMILES string of the molecule is CC(C)C(C)N[B]C1CN(C)C(=O)O1. The summed E-state index contributed by atoms with van der Waals surface area (Å²) in [5, 5.41) is 3.24. The van der Waals surface area contributed by atoms with Crippen molar-refractivity contribution in [3.8, 4) is 0 Å². The smallest absolute Gasteiger partial charge is 0.409 e. The van der Waals surface area contributed by atoms with E-state index >= 15 is 0 Å². The molecule has 4 nitrogen and oxygen atoms in total. The number of rotatable bonds is 4. The maximum atomic E-state index is 11.0. The minimum atomic E-state index is -0.245. The van der Waals surface area contributed by atoms with Gasteiger partial charge in [-0.05, 0) is 12.0 Å². The zero-order chi connectivity index (χ0) is 10.7. The molecular formula is C9H18BN2O2. The van der Waals surface area contributed by atoms with Crippen molar-refractivity contribution in [2.75, 3.05) is 13.6 Å². The number of likely N-dealkylation sites (N-methyl/N-ethyl adjacent to an activating group) is 1. The molecule has 1 N–H and O–H groups in total. The van der Waals surface area contributed by atoms with Crippen molar-refractivity contribution in [3.05, 3.63) is 0 Å². The maximum absolute atomic E-state index is 11.0. The van der Waals surface area contributed by atoms with E-state index in [-0.39, 0.29) is 12.1 Å². The van der Waals surface area contributed by atoms with Gasteiger partial charge < -0.3 is 14.9 Å². The van der Waals surface area contributed by atoms with Crippen LogP contribution in [0.25, 0.3) is 0 Å². The maximum Gasteiger partial charge on any atom is 0.409 e. The zero-order valence-electron chi connectivity index (χ0n) is 9.28. The van der Waals surface area contributed by atoms with Crippen molar-refractivity contribution in [3.63, 3.8) is 0 Å². The highest BCUT2D eigenvalue weighted by molar-refractivity contribution is 6.34. The number of carbonyl (C=O) groups excluding carboxylic acids is 1. The quantitative estimate of drug-likeness (QED) is 0.672. The van der Waals surface area contributed by atoms with Gasteiger partial charge in [0.15, 0.2) is 0 Å². The van der Waals surface area contributed by atoms with E-state index in [1.54, 1.807) is 11.9 Å². The van der Waals surface area contributed by atoms with Gasteiger partial charge in [-0.15, -0.1) is 0 Å². The van der Waals surface area contributed by atoms with Gasteiger partial charge in [-0.1, -0.05) is 20.8 Å². The molecular weight excluding hydrogens is 179 g/mol. The highest BCUT2D eigenvalue weighted by Gasteiger charge is 2.29. The van der Waals surface area contributed by atoms with Gasteiger partial charge >= 0.3 is 6.09 Å². The molecule has 0 bridgehead atoms. The van der Waals surface area contributed by atoms with Crippen molar-refractivity contribution in [1.29, 1.82) is 0 Å². The van der Waals surface area contributed by atoms with Gasteiger partial charge in [-0.25, -0.2) is 4.79 Å². The molecule has 1 heterocycles. The largest absolute Gasteiger partial charge is 0.452 e. The Hall–Kier alpha value is -0.705. The van der Waals surface area contributed by atoms with E-state index in [4.69, 9.17) is 4.74 Å². The number of hydrogen-bond acceptors (Lipinski definition) is 3. The summed E-state index contributed by atoms with van der Waals surface area (Å²) < 4.78 is 5.07. The van der Waals surface area contributed by atoms with Crippen molar-refractivity contribution in [1.82, 2.24) is 10.1 Å². The predicted molar refractivity (Wildman–Crippen MR) is 56.1 cm³/mol. The van der Waals surface area contributed by atoms with Crippen LogP contribution in [0.5, 0.6) is 0 Å². The second kappa shape index (κ2) is 4.69. The Balaban J connectivity index is 2.23. The summed E-state index contributed by atoms with van der Waals surface area (Å²) in [5.74, 6) is 0.570. The van der Waals surface area contributed by atoms with E-state index in [0.29, 0.717) is 18.5 Å². The predicted octanol–water partition coefficient (Wildman–Crippen LogP) is 0.648. The van der Waals surface area contributed by atoms with Crippen LogP contribution in [-0.4, -0.2) is 44.0 Å². The van der Waals surface area contributed by atoms with Gasteiger partial charge in [0.2, 0.25) is 0 Å². The first-order valence-electron chi connectivity index (χ1n) is 5.02. The summed E-state index contributed by atoms with van der Waals surface area (Å²) in [7, 11) is 3.61. The molecule has 1 radical (unpaired) electrons. The highest BCUT2D eigenvalue weighted by Crippen LogP contribution is 2.07. The second-order valence-electron chi connectivity index (χ2n) is 4.17. The lowest BCUT2D eigenvalue weighted by Crippen LogP contribution is -2.41. The van der Waals surface area contributed by atoms with Crippen LogP contribution in [-0.2, 0) is 4.74 Å². The van der Waals surface area contributed by atoms with Gasteiger partial charge in [-0.2, -0.15) is 0 Å². The Morgan fingerprint density at radius 1 is 1.57 bits per heavy atom. The van der Waals surface area contributed by atoms with Crippen molar-refractivity contribution in [2.45, 2.75) is 32.8 Å². The molecule has 1 fully saturated rings. The van der Waals surface area contributed by atoms with Crippen LogP contribution in [0.1, 0.15) is 20.8 Å². The lowest BCUT2D eigenvalue weighted by atomic mass is 9.83. The van der Waals surface area contributed by atoms with Crippen LogP contribution in [0.4, 0.5) is 4.79 Å². The van der Waals surface area contributed by atoms with Crippen LogP contribution in [0.2, 0.25) is 0 Å². The summed E-state index contributed by atoms with van der Waals surface area (Å²) in [6.07, 6.45) is -0.245. The number of nitrogens with one attached hydrogen (secondary N) is 1. The monoisotopic (exact) mass is 197 g/mol. The minimum Gasteiger partial charge on any atom is -0.452 e. The Labute approximate surface area is 86.2 Å². The van der Waals surface area contributed by atoms with Crippen molar-refractivity contribution >= 4 is 13.5 Å². The average Bonchev–Trinajstić information content (AvgIpc) is 2.42. The number of carbonyl (C=O) groups is 1. The third-order valence-electron chi connectivity index (χ3n) is 2.56. The second-order valence-corrected chi connectivity index (χ2v) is 4.17. The molecule has 2 atom stereocenters. The molecule has 2 unspecified atom stereocenters. The fourth-order valence-corrected chi connectivity index (χ4v) is 1.14. The summed E-state index contributed by atoms with van der Waals surface area (Å²) >= 11 is 0. The topological polar surface area (TPSA) is 41.6 Å². The Morgan fingerprint density at radius 3 is 2.64 bits per heavy atom. The molecule has 14 heavy (non-hydrogen) atoms. The highest BCUT2D eigenvalue weighted by atomic mass is 16.6. The van der Waals surface area contributed by atoms with Crippen LogP contribution < -0.4 is 5.23 Å². The lowest BCUT2D eigenvalue weighted by Gasteiger charge is -2.18. The number of cyclic esters (lactones) is 1. The first-order chi connectivity index (χ1) is 6.50. The molecule has 0 saturated carbocycles. The first kappa shape index (κ1) is 11.4. The van der Waals surface area contributed by atoms with Crippen LogP contribution in [0.15, 0.2) is 0 Å². The normalized spacial score (nSPS) is 23.9. The van der Waals surface area contributed by atoms with Crippen molar-refractivity contribution in [2.24, 2.45) is 5.92 Å². The Bertz CT molecular complexity index is 211. The summed E-state index contributed by atoms with van der Waals surface area (Å²) in [4.78, 5) is 12.6. The van der Waals surface area contributed by atoms with Gasteiger partial charge in [0.1, 0.15) is 6.00 Å². The fraction of sp³-hybridized carbons (Fsp3) is 0.889. The standard InChI is InChI=1S/C9H18BN2O2/c1-6(2)7(3)11-10-8-5-12(4)9(13)14-8/h6-8,11H,5H2,1-4H3. The molecule has 1 amide bonds. The summed E-state index contributed by atoms with van der Waals surface area (Å²) in [6, 6.07) is 0.285. The fourth-order valence-electron chi connectivity index (χ4n) is 1.14. The minimum absolute atomic E-state index is 0.117. The van der Waals surface area contributed by atoms with E-state index in [1.807, 2.05) is 7.41 Å². The molecule has 1 aliphatic heterocycles. The van der Waals surface area contributed by atoms with Crippen LogP contribution >= 0.6 is 0 Å². The molecule has 0 aliphatic carbocycles. The number of ether oxygens (including phenoxy) is 1. The molecule has 0 aromatic rings. The summed E-state index contributed by atoms with van der Waals surface area (Å²) in [5.41, 5.74) is 0. The van der Waals surface area contributed by atoms with Gasteiger partial charge in [0, 0.05) is 7.05 Å². The number of amides is 1. The van der Waals surface area contributed by atoms with E-state index in [2.05, 4.69) is 26.0 Å². The Kier molecular flexibility index (Phi) is 3.81. The van der Waals surface area contributed by atoms with E-state index < -0.39 is 0 Å². The molecule has 0 aromatic carbocycles. The van der Waals surface area contributed by atoms with Crippen LogP contribution in [0.3, 0.4) is 0 Å². The van der Waals surface area contributed by atoms with Gasteiger partial charge in [-0.3, -0.25) is 0 Å². The van der Waals surface area contributed by atoms with Gasteiger partial charge in [0.25, 0.3) is 7.41 Å². The molecule has 1 aliphatic rings. The molecule has 1 rings (SSSR count). The van der Waals surface area contributed by atoms with Crippen molar-refractivity contribution < 1.29 is 9.53 Å². The Morgan fingerprint density at radius 2 is 2.21 bits per heavy atom. The molecule has 0 aromatic heterocycles. The van der Waals surface area contributed by atoms with E-state index in [0.717, 1.165) is 0 Å². The summed E-state index contributed by atoms with van der Waals surface area (Å²) in [6.45, 7) is 7.05. The number of nitrogens with zero attached hydrogens (tertiary/aromatic N) is 1.